The van der Waals surface area contributed by atoms with Gasteiger partial charge in [0.25, 0.3) is 0 Å². The van der Waals surface area contributed by atoms with Crippen LogP contribution < -0.4 is 10.5 Å². The molecule has 1 unspecified atom stereocenters. The van der Waals surface area contributed by atoms with Gasteiger partial charge in [0.15, 0.2) is 0 Å². The van der Waals surface area contributed by atoms with Gasteiger partial charge in [-0.25, -0.2) is 0 Å². The highest BCUT2D eigenvalue weighted by Crippen LogP contribution is 2.25. The molecule has 0 aliphatic heterocycles. The highest BCUT2D eigenvalue weighted by Gasteiger charge is 2.14. The number of likely N-dealkylation sites (N-methyl/N-ethyl adjacent to an activating group) is 1. The Bertz CT molecular complexity index is 383. The monoisotopic (exact) mass is 264 g/mol. The Labute approximate surface area is 117 Å². The Balaban J connectivity index is 2.46. The molecule has 0 saturated carbocycles. The van der Waals surface area contributed by atoms with Gasteiger partial charge in [-0.3, -0.25) is 0 Å². The molecule has 19 heavy (non-hydrogen) atoms. The van der Waals surface area contributed by atoms with Crippen molar-refractivity contribution >= 4 is 0 Å². The van der Waals surface area contributed by atoms with Crippen molar-refractivity contribution in [3.63, 3.8) is 0 Å². The molecule has 0 amide bonds. The SMILES string of the molecule is CN(C)CC(N)CCOc1cccc(C(C)(C)C)c1. The van der Waals surface area contributed by atoms with Gasteiger partial charge in [0, 0.05) is 12.6 Å². The molecule has 0 bridgehead atoms. The van der Waals surface area contributed by atoms with E-state index < -0.39 is 0 Å². The number of benzene rings is 1. The summed E-state index contributed by atoms with van der Waals surface area (Å²) in [4.78, 5) is 2.10. The molecule has 1 aromatic carbocycles. The first-order valence-corrected chi connectivity index (χ1v) is 6.92. The van der Waals surface area contributed by atoms with E-state index in [0.717, 1.165) is 18.7 Å². The van der Waals surface area contributed by atoms with Crippen molar-refractivity contribution in [3.8, 4) is 5.75 Å². The van der Waals surface area contributed by atoms with Crippen LogP contribution in [0, 0.1) is 0 Å². The van der Waals surface area contributed by atoms with Crippen LogP contribution in [-0.2, 0) is 5.41 Å². The molecule has 0 radical (unpaired) electrons. The van der Waals surface area contributed by atoms with Crippen molar-refractivity contribution < 1.29 is 4.74 Å². The molecule has 0 aliphatic rings. The maximum atomic E-state index is 6.02. The first-order chi connectivity index (χ1) is 8.79. The fourth-order valence-corrected chi connectivity index (χ4v) is 1.94. The average molecular weight is 264 g/mol. The normalized spacial score (nSPS) is 13.6. The number of hydrogen-bond acceptors (Lipinski definition) is 3. The van der Waals surface area contributed by atoms with Crippen LogP contribution in [0.5, 0.6) is 5.75 Å². The van der Waals surface area contributed by atoms with Crippen LogP contribution in [0.2, 0.25) is 0 Å². The van der Waals surface area contributed by atoms with Crippen molar-refractivity contribution in [1.82, 2.24) is 4.90 Å². The summed E-state index contributed by atoms with van der Waals surface area (Å²) in [6.45, 7) is 8.19. The predicted octanol–water partition coefficient (Wildman–Crippen LogP) is 2.64. The van der Waals surface area contributed by atoms with E-state index >= 15 is 0 Å². The zero-order valence-electron chi connectivity index (χ0n) is 12.9. The van der Waals surface area contributed by atoms with E-state index in [0.29, 0.717) is 6.61 Å². The van der Waals surface area contributed by atoms with Gasteiger partial charge in [-0.2, -0.15) is 0 Å². The highest BCUT2D eigenvalue weighted by molar-refractivity contribution is 5.32. The summed E-state index contributed by atoms with van der Waals surface area (Å²) in [5.41, 5.74) is 7.46. The molecule has 3 heteroatoms. The second-order valence-electron chi connectivity index (χ2n) is 6.44. The van der Waals surface area contributed by atoms with E-state index in [1.807, 2.05) is 20.2 Å². The van der Waals surface area contributed by atoms with E-state index in [-0.39, 0.29) is 11.5 Å². The molecule has 0 saturated heterocycles. The largest absolute Gasteiger partial charge is 0.494 e. The molecule has 1 rings (SSSR count). The molecule has 0 aromatic heterocycles. The van der Waals surface area contributed by atoms with E-state index in [2.05, 4.69) is 43.9 Å². The zero-order valence-corrected chi connectivity index (χ0v) is 12.9. The Kier molecular flexibility index (Phi) is 5.83. The molecular formula is C16H28N2O. The lowest BCUT2D eigenvalue weighted by Gasteiger charge is -2.20. The number of ether oxygens (including phenoxy) is 1. The lowest BCUT2D eigenvalue weighted by molar-refractivity contribution is 0.276. The topological polar surface area (TPSA) is 38.5 Å². The highest BCUT2D eigenvalue weighted by atomic mass is 16.5. The van der Waals surface area contributed by atoms with Gasteiger partial charge in [0.1, 0.15) is 5.75 Å². The van der Waals surface area contributed by atoms with Crippen molar-refractivity contribution in [2.24, 2.45) is 5.73 Å². The molecule has 0 fully saturated rings. The van der Waals surface area contributed by atoms with Gasteiger partial charge in [-0.15, -0.1) is 0 Å². The number of nitrogens with two attached hydrogens (primary N) is 1. The van der Waals surface area contributed by atoms with Crippen LogP contribution in [0.4, 0.5) is 0 Å². The lowest BCUT2D eigenvalue weighted by atomic mass is 9.87. The number of rotatable bonds is 6. The molecule has 3 nitrogen and oxygen atoms in total. The molecule has 0 spiro atoms. The second-order valence-corrected chi connectivity index (χ2v) is 6.44. The summed E-state index contributed by atoms with van der Waals surface area (Å²) in [5.74, 6) is 0.935. The van der Waals surface area contributed by atoms with Crippen molar-refractivity contribution in [1.29, 1.82) is 0 Å². The molecule has 108 valence electrons. The molecule has 1 atom stereocenters. The average Bonchev–Trinajstić information content (AvgIpc) is 2.27. The molecule has 0 heterocycles. The van der Waals surface area contributed by atoms with Crippen molar-refractivity contribution in [3.05, 3.63) is 29.8 Å². The van der Waals surface area contributed by atoms with E-state index in [4.69, 9.17) is 10.5 Å². The molecular weight excluding hydrogens is 236 g/mol. The second kappa shape index (κ2) is 6.92. The third-order valence-corrected chi connectivity index (χ3v) is 3.06. The van der Waals surface area contributed by atoms with Crippen molar-refractivity contribution in [2.45, 2.75) is 38.6 Å². The fourth-order valence-electron chi connectivity index (χ4n) is 1.94. The van der Waals surface area contributed by atoms with Crippen LogP contribution in [-0.4, -0.2) is 38.2 Å². The van der Waals surface area contributed by atoms with Crippen LogP contribution >= 0.6 is 0 Å². The zero-order chi connectivity index (χ0) is 14.5. The van der Waals surface area contributed by atoms with E-state index in [1.54, 1.807) is 0 Å². The van der Waals surface area contributed by atoms with Crippen LogP contribution in [0.25, 0.3) is 0 Å². The summed E-state index contributed by atoms with van der Waals surface area (Å²) in [5, 5.41) is 0. The smallest absolute Gasteiger partial charge is 0.119 e. The summed E-state index contributed by atoms with van der Waals surface area (Å²) in [6.07, 6.45) is 0.873. The van der Waals surface area contributed by atoms with Gasteiger partial charge in [-0.05, 0) is 43.6 Å². The number of nitrogens with zero attached hydrogens (tertiary/aromatic N) is 1. The minimum Gasteiger partial charge on any atom is -0.494 e. The van der Waals surface area contributed by atoms with E-state index in [9.17, 15) is 0 Å². The Morgan fingerprint density at radius 3 is 2.53 bits per heavy atom. The summed E-state index contributed by atoms with van der Waals surface area (Å²) >= 11 is 0. The minimum absolute atomic E-state index is 0.153. The summed E-state index contributed by atoms with van der Waals surface area (Å²) in [6, 6.07) is 8.49. The maximum absolute atomic E-state index is 6.02. The summed E-state index contributed by atoms with van der Waals surface area (Å²) < 4.78 is 5.80. The van der Waals surface area contributed by atoms with Crippen LogP contribution in [0.15, 0.2) is 24.3 Å². The van der Waals surface area contributed by atoms with E-state index in [1.165, 1.54) is 5.56 Å². The van der Waals surface area contributed by atoms with Gasteiger partial charge < -0.3 is 15.4 Å². The number of hydrogen-bond donors (Lipinski definition) is 1. The third-order valence-electron chi connectivity index (χ3n) is 3.06. The van der Waals surface area contributed by atoms with Crippen LogP contribution in [0.1, 0.15) is 32.8 Å². The molecule has 2 N–H and O–H groups in total. The van der Waals surface area contributed by atoms with Gasteiger partial charge in [0.2, 0.25) is 0 Å². The first kappa shape index (κ1) is 16.0. The maximum Gasteiger partial charge on any atom is 0.119 e. The van der Waals surface area contributed by atoms with Crippen LogP contribution in [0.3, 0.4) is 0 Å². The standard InChI is InChI=1S/C16H28N2O/c1-16(2,3)13-7-6-8-15(11-13)19-10-9-14(17)12-18(4)5/h6-8,11,14H,9-10,12,17H2,1-5H3. The molecule has 0 aliphatic carbocycles. The lowest BCUT2D eigenvalue weighted by Crippen LogP contribution is -2.34. The van der Waals surface area contributed by atoms with Gasteiger partial charge in [0.05, 0.1) is 6.61 Å². The van der Waals surface area contributed by atoms with Gasteiger partial charge in [-0.1, -0.05) is 32.9 Å². The Morgan fingerprint density at radius 2 is 1.95 bits per heavy atom. The Hall–Kier alpha value is -1.06. The van der Waals surface area contributed by atoms with Gasteiger partial charge >= 0.3 is 0 Å². The molecule has 1 aromatic rings. The fraction of sp³-hybridized carbons (Fsp3) is 0.625. The minimum atomic E-state index is 0.153. The predicted molar refractivity (Wildman–Crippen MR) is 81.8 cm³/mol. The van der Waals surface area contributed by atoms with Crippen molar-refractivity contribution in [2.75, 3.05) is 27.2 Å². The third kappa shape index (κ3) is 6.08. The quantitative estimate of drug-likeness (QED) is 0.858. The Morgan fingerprint density at radius 1 is 1.26 bits per heavy atom. The summed E-state index contributed by atoms with van der Waals surface area (Å²) in [7, 11) is 4.07. The first-order valence-electron chi connectivity index (χ1n) is 6.92.